The molecule has 4 rings (SSSR count). The van der Waals surface area contributed by atoms with Crippen LogP contribution in [0.1, 0.15) is 73.9 Å². The van der Waals surface area contributed by atoms with E-state index in [1.807, 2.05) is 0 Å². The van der Waals surface area contributed by atoms with Gasteiger partial charge in [-0.2, -0.15) is 13.5 Å². The molecule has 0 spiro atoms. The number of carboxylic acid groups (broad SMARTS) is 1. The minimum atomic E-state index is -4.43. The number of ether oxygens (including phenoxy) is 1. The van der Waals surface area contributed by atoms with E-state index in [1.54, 1.807) is 44.2 Å². The Morgan fingerprint density at radius 2 is 1.58 bits per heavy atom. The zero-order chi connectivity index (χ0) is 48.2. The lowest BCUT2D eigenvalue weighted by Gasteiger charge is -2.27. The molecule has 1 aliphatic heterocycles. The predicted octanol–water partition coefficient (Wildman–Crippen LogP) is 1.07. The van der Waals surface area contributed by atoms with E-state index in [1.165, 1.54) is 36.5 Å². The Morgan fingerprint density at radius 1 is 0.864 bits per heavy atom. The number of hydrogen-bond acceptors (Lipinski definition) is 14. The molecule has 10 N–H and O–H groups in total. The molecule has 0 aliphatic carbocycles. The second-order valence-electron chi connectivity index (χ2n) is 15.6. The van der Waals surface area contributed by atoms with Gasteiger partial charge in [0.1, 0.15) is 29.9 Å². The summed E-state index contributed by atoms with van der Waals surface area (Å²) in [5.41, 5.74) is 6.65. The molecule has 1 unspecified atom stereocenters. The Bertz CT molecular complexity index is 2310. The third-order valence-electron chi connectivity index (χ3n) is 10.1. The minimum Gasteiger partial charge on any atom is -0.494 e. The van der Waals surface area contributed by atoms with E-state index in [0.717, 1.165) is 0 Å². The van der Waals surface area contributed by atoms with Gasteiger partial charge in [0.25, 0.3) is 16.0 Å². The Morgan fingerprint density at radius 3 is 2.24 bits per heavy atom. The maximum Gasteiger partial charge on any atom is 0.305 e. The average Bonchev–Trinajstić information content (AvgIpc) is 3.27. The number of aromatic nitrogens is 1. The van der Waals surface area contributed by atoms with Crippen LogP contribution in [0.5, 0.6) is 5.75 Å². The van der Waals surface area contributed by atoms with E-state index in [0.29, 0.717) is 43.5 Å². The molecule has 0 radical (unpaired) electrons. The Balaban J connectivity index is 1.35. The van der Waals surface area contributed by atoms with Crippen LogP contribution in [-0.4, -0.2) is 115 Å². The van der Waals surface area contributed by atoms with Gasteiger partial charge in [-0.05, 0) is 73.2 Å². The highest BCUT2D eigenvalue weighted by Crippen LogP contribution is 2.18. The van der Waals surface area contributed by atoms with E-state index in [2.05, 4.69) is 47.1 Å². The van der Waals surface area contributed by atoms with Crippen LogP contribution in [0.4, 0.5) is 5.82 Å². The lowest BCUT2D eigenvalue weighted by Crippen LogP contribution is -2.59. The van der Waals surface area contributed by atoms with Crippen LogP contribution in [0.15, 0.2) is 82.0 Å². The molecule has 0 saturated carbocycles. The Hall–Kier alpha value is -6.85. The predicted molar refractivity (Wildman–Crippen MR) is 237 cm³/mol. The van der Waals surface area contributed by atoms with Gasteiger partial charge >= 0.3 is 5.97 Å². The molecule has 1 aliphatic rings. The van der Waals surface area contributed by atoms with Crippen LogP contribution in [-0.2, 0) is 51.9 Å². The largest absolute Gasteiger partial charge is 0.494 e. The average molecular weight is 937 g/mol. The molecule has 66 heavy (non-hydrogen) atoms. The number of carbonyl (C=O) groups is 7. The topological polar surface area (TPSA) is 339 Å². The van der Waals surface area contributed by atoms with Crippen molar-refractivity contribution in [2.75, 3.05) is 26.2 Å². The summed E-state index contributed by atoms with van der Waals surface area (Å²) in [7, 11) is -4.43. The van der Waals surface area contributed by atoms with Crippen molar-refractivity contribution in [3.63, 3.8) is 0 Å². The first-order chi connectivity index (χ1) is 31.4. The second-order valence-corrected chi connectivity index (χ2v) is 17.0. The van der Waals surface area contributed by atoms with Crippen LogP contribution >= 0.6 is 0 Å². The van der Waals surface area contributed by atoms with Crippen molar-refractivity contribution < 1.29 is 56.4 Å². The number of unbranched alkanes of at least 4 members (excludes halogenated alkanes) is 2. The Kier molecular flexibility index (Phi) is 20.1. The van der Waals surface area contributed by atoms with Crippen LogP contribution < -0.4 is 42.4 Å². The fraction of sp³-hybridized carbons (Fsp3) is 0.442. The molecule has 1 saturated heterocycles. The number of pyridine rings is 1. The SMILES string of the molecule is CC(C)C1NC(=O)[C@@H](Cc2ccc(OCCCNC(=O)c3ccc(N=NCc4ccccc4S(=O)(=O)O)nc3)cc2)NC(=O)[C@H](CC(=O)O)NC(=O)CNC(=O)[C@H](CCCCCN)NC1=O. The summed E-state index contributed by atoms with van der Waals surface area (Å²) < 4.78 is 38.4. The van der Waals surface area contributed by atoms with Gasteiger partial charge in [0.15, 0.2) is 5.82 Å². The molecular formula is C43H56N10O12S. The molecule has 0 bridgehead atoms. The summed E-state index contributed by atoms with van der Waals surface area (Å²) in [4.78, 5) is 95.2. The van der Waals surface area contributed by atoms with Crippen molar-refractivity contribution in [1.29, 1.82) is 0 Å². The van der Waals surface area contributed by atoms with Gasteiger partial charge in [0.05, 0.1) is 36.6 Å². The first-order valence-corrected chi connectivity index (χ1v) is 22.7. The van der Waals surface area contributed by atoms with Crippen molar-refractivity contribution in [2.24, 2.45) is 21.9 Å². The number of carbonyl (C=O) groups excluding carboxylic acids is 6. The standard InChI is InChI=1S/C43H56N10O12S/c1-26(2)38-43(61)50-31(10-4-3-7-18-44)40(58)47-25-36(54)49-33(22-37(55)56)41(59)51-32(42(60)52-38)21-27-12-15-30(16-13-27)65-20-8-19-45-39(57)29-14-17-35(46-23-29)53-48-24-28-9-5-6-11-34(28)66(62,63)64/h5-6,9,11-17,23,26,31-33,38H,3-4,7-8,10,18-22,24-25,44H2,1-2H3,(H,45,57)(H,47,58)(H,49,54)(H,50,61)(H,51,59)(H,52,60)(H,55,56)(H,62,63,64)/t31-,32+,33-,38?/m0/s1. The van der Waals surface area contributed by atoms with E-state index in [9.17, 15) is 51.6 Å². The molecule has 3 aromatic rings. The smallest absolute Gasteiger partial charge is 0.305 e. The summed E-state index contributed by atoms with van der Waals surface area (Å²) in [5, 5.41) is 32.9. The van der Waals surface area contributed by atoms with Crippen molar-refractivity contribution in [2.45, 2.75) is 94.4 Å². The number of amides is 6. The third kappa shape index (κ3) is 16.9. The lowest BCUT2D eigenvalue weighted by atomic mass is 9.99. The normalized spacial score (nSPS) is 18.8. The summed E-state index contributed by atoms with van der Waals surface area (Å²) in [5.74, 6) is -5.57. The maximum atomic E-state index is 13.9. The molecular weight excluding hydrogens is 881 g/mol. The minimum absolute atomic E-state index is 0.113. The molecule has 356 valence electrons. The van der Waals surface area contributed by atoms with Gasteiger partial charge in [-0.25, -0.2) is 4.98 Å². The molecule has 22 nitrogen and oxygen atoms in total. The fourth-order valence-corrected chi connectivity index (χ4v) is 7.28. The number of nitrogens with two attached hydrogens (primary N) is 1. The highest BCUT2D eigenvalue weighted by Gasteiger charge is 2.34. The number of carboxylic acids is 1. The molecule has 4 atom stereocenters. The van der Waals surface area contributed by atoms with Crippen molar-refractivity contribution in [1.82, 2.24) is 36.9 Å². The van der Waals surface area contributed by atoms with Gasteiger partial charge in [0, 0.05) is 19.2 Å². The van der Waals surface area contributed by atoms with Gasteiger partial charge in [-0.1, -0.05) is 57.0 Å². The maximum absolute atomic E-state index is 13.9. The van der Waals surface area contributed by atoms with Crippen LogP contribution in [0.25, 0.3) is 0 Å². The fourth-order valence-electron chi connectivity index (χ4n) is 6.56. The molecule has 6 amide bonds. The number of rotatable bonds is 20. The van der Waals surface area contributed by atoms with Gasteiger partial charge < -0.3 is 47.5 Å². The monoisotopic (exact) mass is 936 g/mol. The molecule has 2 aromatic carbocycles. The molecule has 1 aromatic heterocycles. The van der Waals surface area contributed by atoms with E-state index in [-0.39, 0.29) is 54.4 Å². The van der Waals surface area contributed by atoms with Crippen LogP contribution in [0.2, 0.25) is 0 Å². The Labute approximate surface area is 381 Å². The number of aliphatic carboxylic acids is 1. The molecule has 1 fully saturated rings. The molecule has 23 heteroatoms. The van der Waals surface area contributed by atoms with Gasteiger partial charge in [0.2, 0.25) is 29.5 Å². The number of benzene rings is 2. The molecule has 2 heterocycles. The van der Waals surface area contributed by atoms with Crippen LogP contribution in [0.3, 0.4) is 0 Å². The number of nitrogens with zero attached hydrogens (tertiary/aromatic N) is 3. The van der Waals surface area contributed by atoms with E-state index < -0.39 is 94.6 Å². The number of azo groups is 1. The van der Waals surface area contributed by atoms with Crippen LogP contribution in [0, 0.1) is 5.92 Å². The quantitative estimate of drug-likeness (QED) is 0.0435. The summed E-state index contributed by atoms with van der Waals surface area (Å²) >= 11 is 0. The highest BCUT2D eigenvalue weighted by molar-refractivity contribution is 7.85. The first-order valence-electron chi connectivity index (χ1n) is 21.2. The zero-order valence-corrected chi connectivity index (χ0v) is 37.3. The van der Waals surface area contributed by atoms with E-state index >= 15 is 0 Å². The summed E-state index contributed by atoms with van der Waals surface area (Å²) in [6, 6.07) is 10.2. The van der Waals surface area contributed by atoms with Crippen molar-refractivity contribution in [3.8, 4) is 5.75 Å². The van der Waals surface area contributed by atoms with Gasteiger partial charge in [-0.15, -0.1) is 5.11 Å². The summed E-state index contributed by atoms with van der Waals surface area (Å²) in [6.45, 7) is 3.56. The third-order valence-corrected chi connectivity index (χ3v) is 11.0. The van der Waals surface area contributed by atoms with Crippen molar-refractivity contribution in [3.05, 3.63) is 83.6 Å². The lowest BCUT2D eigenvalue weighted by molar-refractivity contribution is -0.141. The number of nitrogens with one attached hydrogen (secondary N) is 6. The van der Waals surface area contributed by atoms with Gasteiger partial charge in [-0.3, -0.25) is 38.1 Å². The van der Waals surface area contributed by atoms with Crippen molar-refractivity contribution >= 4 is 57.3 Å². The number of hydrogen-bond donors (Lipinski definition) is 9. The second kappa shape index (κ2) is 25.6. The van der Waals surface area contributed by atoms with E-state index in [4.69, 9.17) is 10.5 Å². The zero-order valence-electron chi connectivity index (χ0n) is 36.5. The summed E-state index contributed by atoms with van der Waals surface area (Å²) in [6.07, 6.45) is 2.92. The first kappa shape index (κ1) is 51.8. The highest BCUT2D eigenvalue weighted by atomic mass is 32.2.